The molecule has 0 amide bonds. The maximum absolute atomic E-state index is 13.9. The van der Waals surface area contributed by atoms with Gasteiger partial charge >= 0.3 is 0 Å². The average Bonchev–Trinajstić information content (AvgIpc) is 3.22. The summed E-state index contributed by atoms with van der Waals surface area (Å²) in [6, 6.07) is 12.5. The molecule has 0 N–H and O–H groups in total. The molecule has 4 aromatic rings. The lowest BCUT2D eigenvalue weighted by Crippen LogP contribution is -1.86. The zero-order chi connectivity index (χ0) is 17.4. The second-order valence-electron chi connectivity index (χ2n) is 5.36. The molecule has 25 heavy (non-hydrogen) atoms. The number of rotatable bonds is 3. The van der Waals surface area contributed by atoms with E-state index in [1.807, 2.05) is 30.3 Å². The van der Waals surface area contributed by atoms with Gasteiger partial charge < -0.3 is 8.94 Å². The summed E-state index contributed by atoms with van der Waals surface area (Å²) in [5.74, 6) is -0.861. The van der Waals surface area contributed by atoms with Crippen LogP contribution in [0.1, 0.15) is 5.76 Å². The van der Waals surface area contributed by atoms with Crippen LogP contribution in [0.2, 0.25) is 0 Å². The van der Waals surface area contributed by atoms with Gasteiger partial charge in [0.15, 0.2) is 0 Å². The van der Waals surface area contributed by atoms with E-state index in [0.717, 1.165) is 17.7 Å². The van der Waals surface area contributed by atoms with Gasteiger partial charge in [-0.3, -0.25) is 0 Å². The molecule has 0 radical (unpaired) electrons. The number of aromatic nitrogens is 3. The predicted molar refractivity (Wildman–Crippen MR) is 85.3 cm³/mol. The molecule has 5 nitrogen and oxygen atoms in total. The van der Waals surface area contributed by atoms with Crippen molar-refractivity contribution in [2.75, 3.05) is 0 Å². The maximum Gasteiger partial charge on any atom is 0.254 e. The summed E-state index contributed by atoms with van der Waals surface area (Å²) in [6.45, 7) is 1.72. The van der Waals surface area contributed by atoms with Crippen molar-refractivity contribution in [1.29, 1.82) is 0 Å². The fourth-order valence-corrected chi connectivity index (χ4v) is 2.51. The minimum Gasteiger partial charge on any atom is -0.416 e. The van der Waals surface area contributed by atoms with E-state index >= 15 is 0 Å². The first kappa shape index (κ1) is 15.2. The first-order valence-corrected chi connectivity index (χ1v) is 7.44. The third-order valence-corrected chi connectivity index (χ3v) is 3.71. The zero-order valence-electron chi connectivity index (χ0n) is 13.0. The van der Waals surface area contributed by atoms with E-state index < -0.39 is 11.6 Å². The SMILES string of the molecule is Cc1onc(-c2ccccc2)c1-c1nnc(-c2ccc(F)cc2F)o1. The summed E-state index contributed by atoms with van der Waals surface area (Å²) in [5, 5.41) is 11.9. The molecular formula is C18H11F2N3O2. The first-order valence-electron chi connectivity index (χ1n) is 7.44. The Morgan fingerprint density at radius 1 is 0.920 bits per heavy atom. The largest absolute Gasteiger partial charge is 0.416 e. The smallest absolute Gasteiger partial charge is 0.254 e. The van der Waals surface area contributed by atoms with Crippen LogP contribution < -0.4 is 0 Å². The molecule has 0 atom stereocenters. The second kappa shape index (κ2) is 5.94. The number of benzene rings is 2. The van der Waals surface area contributed by atoms with Crippen LogP contribution >= 0.6 is 0 Å². The molecule has 2 aromatic carbocycles. The molecule has 124 valence electrons. The summed E-state index contributed by atoms with van der Waals surface area (Å²) < 4.78 is 37.8. The van der Waals surface area contributed by atoms with Gasteiger partial charge in [-0.15, -0.1) is 10.2 Å². The van der Waals surface area contributed by atoms with Crippen LogP contribution in [-0.2, 0) is 0 Å². The van der Waals surface area contributed by atoms with E-state index in [1.54, 1.807) is 6.92 Å². The summed E-state index contributed by atoms with van der Waals surface area (Å²) in [6.07, 6.45) is 0. The van der Waals surface area contributed by atoms with E-state index in [0.29, 0.717) is 17.0 Å². The van der Waals surface area contributed by atoms with Gasteiger partial charge in [-0.1, -0.05) is 35.5 Å². The lowest BCUT2D eigenvalue weighted by atomic mass is 10.1. The normalized spacial score (nSPS) is 11.0. The third-order valence-electron chi connectivity index (χ3n) is 3.71. The quantitative estimate of drug-likeness (QED) is 0.544. The van der Waals surface area contributed by atoms with Crippen LogP contribution in [0.15, 0.2) is 57.5 Å². The zero-order valence-corrected chi connectivity index (χ0v) is 13.0. The number of aryl methyl sites for hydroxylation is 1. The molecule has 0 bridgehead atoms. The lowest BCUT2D eigenvalue weighted by Gasteiger charge is -1.99. The minimum absolute atomic E-state index is 0.0236. The molecule has 0 saturated heterocycles. The highest BCUT2D eigenvalue weighted by Crippen LogP contribution is 2.35. The molecular weight excluding hydrogens is 328 g/mol. The third kappa shape index (κ3) is 2.69. The van der Waals surface area contributed by atoms with Crippen molar-refractivity contribution in [3.8, 4) is 34.2 Å². The monoisotopic (exact) mass is 339 g/mol. The van der Waals surface area contributed by atoms with Gasteiger partial charge in [0.05, 0.1) is 5.56 Å². The lowest BCUT2D eigenvalue weighted by molar-refractivity contribution is 0.399. The van der Waals surface area contributed by atoms with Gasteiger partial charge in [-0.25, -0.2) is 8.78 Å². The molecule has 2 aromatic heterocycles. The fourth-order valence-electron chi connectivity index (χ4n) is 2.51. The van der Waals surface area contributed by atoms with E-state index in [1.165, 1.54) is 6.07 Å². The van der Waals surface area contributed by atoms with Crippen LogP contribution in [0.3, 0.4) is 0 Å². The fraction of sp³-hybridized carbons (Fsp3) is 0.0556. The summed E-state index contributed by atoms with van der Waals surface area (Å²) >= 11 is 0. The Kier molecular flexibility index (Phi) is 3.61. The van der Waals surface area contributed by atoms with E-state index in [9.17, 15) is 8.78 Å². The van der Waals surface area contributed by atoms with Crippen LogP contribution in [0.25, 0.3) is 34.2 Å². The molecule has 0 aliphatic carbocycles. The van der Waals surface area contributed by atoms with Crippen molar-refractivity contribution in [3.63, 3.8) is 0 Å². The van der Waals surface area contributed by atoms with Crippen molar-refractivity contribution in [2.24, 2.45) is 0 Å². The topological polar surface area (TPSA) is 65.0 Å². The molecule has 2 heterocycles. The number of hydrogen-bond donors (Lipinski definition) is 0. The molecule has 4 rings (SSSR count). The van der Waals surface area contributed by atoms with Crippen molar-refractivity contribution in [2.45, 2.75) is 6.92 Å². The van der Waals surface area contributed by atoms with Gasteiger partial charge in [0.2, 0.25) is 0 Å². The van der Waals surface area contributed by atoms with Crippen LogP contribution in [0, 0.1) is 18.6 Å². The predicted octanol–water partition coefficient (Wildman–Crippen LogP) is 4.65. The second-order valence-corrected chi connectivity index (χ2v) is 5.36. The first-order chi connectivity index (χ1) is 12.1. The minimum atomic E-state index is -0.777. The molecule has 0 fully saturated rings. The van der Waals surface area contributed by atoms with Gasteiger partial charge in [-0.2, -0.15) is 0 Å². The molecule has 0 saturated carbocycles. The highest BCUT2D eigenvalue weighted by Gasteiger charge is 2.23. The molecule has 7 heteroatoms. The maximum atomic E-state index is 13.9. The van der Waals surface area contributed by atoms with E-state index in [2.05, 4.69) is 15.4 Å². The number of halogens is 2. The van der Waals surface area contributed by atoms with Crippen LogP contribution in [0.5, 0.6) is 0 Å². The van der Waals surface area contributed by atoms with Gasteiger partial charge in [-0.05, 0) is 19.1 Å². The number of nitrogens with zero attached hydrogens (tertiary/aromatic N) is 3. The van der Waals surface area contributed by atoms with Crippen molar-refractivity contribution in [3.05, 3.63) is 65.9 Å². The Morgan fingerprint density at radius 3 is 2.44 bits per heavy atom. The highest BCUT2D eigenvalue weighted by atomic mass is 19.1. The summed E-state index contributed by atoms with van der Waals surface area (Å²) in [7, 11) is 0. The highest BCUT2D eigenvalue weighted by molar-refractivity contribution is 5.78. The molecule has 0 aliphatic heterocycles. The van der Waals surface area contributed by atoms with Crippen molar-refractivity contribution in [1.82, 2.24) is 15.4 Å². The van der Waals surface area contributed by atoms with Crippen LogP contribution in [0.4, 0.5) is 8.78 Å². The Labute approximate surface area is 140 Å². The Morgan fingerprint density at radius 2 is 1.68 bits per heavy atom. The number of hydrogen-bond acceptors (Lipinski definition) is 5. The average molecular weight is 339 g/mol. The summed E-state index contributed by atoms with van der Waals surface area (Å²) in [5.41, 5.74) is 1.93. The molecule has 0 spiro atoms. The van der Waals surface area contributed by atoms with Gasteiger partial charge in [0, 0.05) is 11.6 Å². The van der Waals surface area contributed by atoms with E-state index in [-0.39, 0.29) is 17.3 Å². The standard InChI is InChI=1S/C18H11F2N3O2/c1-10-15(16(23-25-10)11-5-3-2-4-6-11)18-22-21-17(24-18)13-8-7-12(19)9-14(13)20/h2-9H,1H3. The van der Waals surface area contributed by atoms with Gasteiger partial charge in [0.25, 0.3) is 11.8 Å². The Hall–Kier alpha value is -3.35. The van der Waals surface area contributed by atoms with E-state index in [4.69, 9.17) is 8.94 Å². The Balaban J connectivity index is 1.80. The Bertz CT molecular complexity index is 1040. The van der Waals surface area contributed by atoms with Gasteiger partial charge in [0.1, 0.15) is 28.7 Å². The van der Waals surface area contributed by atoms with Crippen LogP contribution in [-0.4, -0.2) is 15.4 Å². The van der Waals surface area contributed by atoms with Crippen molar-refractivity contribution < 1.29 is 17.7 Å². The molecule has 0 unspecified atom stereocenters. The van der Waals surface area contributed by atoms with Crippen molar-refractivity contribution >= 4 is 0 Å². The molecule has 0 aliphatic rings. The summed E-state index contributed by atoms with van der Waals surface area (Å²) in [4.78, 5) is 0.